The first-order valence-corrected chi connectivity index (χ1v) is 10.1. The first-order valence-electron chi connectivity index (χ1n) is 9.32. The minimum atomic E-state index is -0.185. The Hall–Kier alpha value is -3.15. The number of carbonyl (C=O) groups is 1. The monoisotopic (exact) mass is 436 g/mol. The molecule has 150 valence electrons. The third-order valence-corrected chi connectivity index (χ3v) is 5.10. The molecule has 0 aliphatic rings. The zero-order chi connectivity index (χ0) is 21.1. The van der Waals surface area contributed by atoms with Crippen molar-refractivity contribution in [2.24, 2.45) is 0 Å². The smallest absolute Gasteiger partial charge is 0.255 e. The number of aryl methyl sites for hydroxylation is 1. The van der Waals surface area contributed by atoms with Crippen molar-refractivity contribution < 1.29 is 4.79 Å². The molecule has 0 radical (unpaired) electrons. The molecule has 4 rings (SSSR count). The van der Waals surface area contributed by atoms with E-state index in [1.54, 1.807) is 24.3 Å². The maximum Gasteiger partial charge on any atom is 0.255 e. The van der Waals surface area contributed by atoms with Crippen LogP contribution >= 0.6 is 23.2 Å². The second-order valence-electron chi connectivity index (χ2n) is 6.82. The van der Waals surface area contributed by atoms with Gasteiger partial charge in [0.1, 0.15) is 5.82 Å². The molecule has 1 aromatic heterocycles. The van der Waals surface area contributed by atoms with Crippen molar-refractivity contribution in [3.63, 3.8) is 0 Å². The van der Waals surface area contributed by atoms with Crippen LogP contribution < -0.4 is 10.6 Å². The average molecular weight is 437 g/mol. The van der Waals surface area contributed by atoms with Crippen LogP contribution in [0.15, 0.2) is 66.7 Å². The second-order valence-corrected chi connectivity index (χ2v) is 7.60. The van der Waals surface area contributed by atoms with Crippen LogP contribution in [0.5, 0.6) is 0 Å². The normalized spacial score (nSPS) is 10.8. The lowest BCUT2D eigenvalue weighted by atomic mass is 10.1. The van der Waals surface area contributed by atoms with Gasteiger partial charge in [0.05, 0.1) is 5.52 Å². The van der Waals surface area contributed by atoms with Gasteiger partial charge in [-0.1, -0.05) is 35.9 Å². The van der Waals surface area contributed by atoms with Crippen LogP contribution in [0, 0.1) is 6.92 Å². The first kappa shape index (κ1) is 20.1. The summed E-state index contributed by atoms with van der Waals surface area (Å²) in [7, 11) is 0. The molecule has 1 heterocycles. The van der Waals surface area contributed by atoms with E-state index in [1.807, 2.05) is 49.4 Å². The first-order chi connectivity index (χ1) is 14.5. The van der Waals surface area contributed by atoms with Gasteiger partial charge in [-0.05, 0) is 72.1 Å². The molecule has 4 aromatic rings. The Morgan fingerprint density at radius 2 is 1.67 bits per heavy atom. The fourth-order valence-corrected chi connectivity index (χ4v) is 3.39. The fraction of sp³-hybridized carbons (Fsp3) is 0.0870. The van der Waals surface area contributed by atoms with Crippen molar-refractivity contribution in [2.45, 2.75) is 13.5 Å². The summed E-state index contributed by atoms with van der Waals surface area (Å²) >= 11 is 12.0. The third kappa shape index (κ3) is 4.53. The highest BCUT2D eigenvalue weighted by Crippen LogP contribution is 2.25. The maximum atomic E-state index is 12.3. The molecule has 0 saturated heterocycles. The number of benzene rings is 3. The Kier molecular flexibility index (Phi) is 5.84. The zero-order valence-electron chi connectivity index (χ0n) is 16.1. The summed E-state index contributed by atoms with van der Waals surface area (Å²) in [6.45, 7) is 2.55. The molecule has 0 aliphatic heterocycles. The summed E-state index contributed by atoms with van der Waals surface area (Å²) < 4.78 is 0. The topological polar surface area (TPSA) is 66.9 Å². The lowest BCUT2D eigenvalue weighted by molar-refractivity contribution is 0.102. The SMILES string of the molecule is Cc1cccc2c(NCc3ccc(NC(=O)c4ccc(Cl)cc4)cc3)nc(Cl)nc12. The quantitative estimate of drug-likeness (QED) is 0.370. The van der Waals surface area contributed by atoms with E-state index in [4.69, 9.17) is 23.2 Å². The molecular formula is C23H18Cl2N4O. The molecule has 0 aliphatic carbocycles. The molecule has 30 heavy (non-hydrogen) atoms. The number of para-hydroxylation sites is 1. The van der Waals surface area contributed by atoms with Crippen LogP contribution in [-0.4, -0.2) is 15.9 Å². The number of hydrogen-bond acceptors (Lipinski definition) is 4. The van der Waals surface area contributed by atoms with Gasteiger partial charge >= 0.3 is 0 Å². The molecule has 0 bridgehead atoms. The number of amides is 1. The van der Waals surface area contributed by atoms with Gasteiger partial charge in [-0.15, -0.1) is 0 Å². The van der Waals surface area contributed by atoms with Crippen molar-refractivity contribution in [1.29, 1.82) is 0 Å². The molecular weight excluding hydrogens is 419 g/mol. The van der Waals surface area contributed by atoms with E-state index >= 15 is 0 Å². The standard InChI is InChI=1S/C23H18Cl2N4O/c1-14-3-2-4-19-20(14)28-23(25)29-21(19)26-13-15-5-11-18(12-6-15)27-22(30)16-7-9-17(24)10-8-16/h2-12H,13H2,1H3,(H,27,30)(H,26,28,29). The van der Waals surface area contributed by atoms with Gasteiger partial charge in [0.15, 0.2) is 0 Å². The highest BCUT2D eigenvalue weighted by molar-refractivity contribution is 6.30. The minimum Gasteiger partial charge on any atom is -0.365 e. The van der Waals surface area contributed by atoms with E-state index < -0.39 is 0 Å². The van der Waals surface area contributed by atoms with Crippen molar-refractivity contribution >= 4 is 51.5 Å². The Morgan fingerprint density at radius 3 is 2.40 bits per heavy atom. The highest BCUT2D eigenvalue weighted by Gasteiger charge is 2.09. The molecule has 0 spiro atoms. The molecule has 0 unspecified atom stereocenters. The number of fused-ring (bicyclic) bond motifs is 1. The molecule has 0 fully saturated rings. The minimum absolute atomic E-state index is 0.185. The number of anilines is 2. The zero-order valence-corrected chi connectivity index (χ0v) is 17.6. The molecule has 0 atom stereocenters. The van der Waals surface area contributed by atoms with Gasteiger partial charge in [0, 0.05) is 28.2 Å². The van der Waals surface area contributed by atoms with Gasteiger partial charge in [-0.2, -0.15) is 0 Å². The van der Waals surface area contributed by atoms with E-state index in [2.05, 4.69) is 20.6 Å². The van der Waals surface area contributed by atoms with E-state index in [9.17, 15) is 4.79 Å². The van der Waals surface area contributed by atoms with E-state index in [1.165, 1.54) is 0 Å². The van der Waals surface area contributed by atoms with E-state index in [0.29, 0.717) is 28.6 Å². The Morgan fingerprint density at radius 1 is 0.933 bits per heavy atom. The number of rotatable bonds is 5. The van der Waals surface area contributed by atoms with Crippen molar-refractivity contribution in [3.8, 4) is 0 Å². The van der Waals surface area contributed by atoms with Crippen molar-refractivity contribution in [1.82, 2.24) is 9.97 Å². The third-order valence-electron chi connectivity index (χ3n) is 4.68. The molecule has 5 nitrogen and oxygen atoms in total. The average Bonchev–Trinajstić information content (AvgIpc) is 2.74. The van der Waals surface area contributed by atoms with E-state index in [-0.39, 0.29) is 11.2 Å². The van der Waals surface area contributed by atoms with Gasteiger partial charge in [-0.25, -0.2) is 9.97 Å². The van der Waals surface area contributed by atoms with Crippen LogP contribution in [0.3, 0.4) is 0 Å². The summed E-state index contributed by atoms with van der Waals surface area (Å²) in [4.78, 5) is 21.0. The number of aromatic nitrogens is 2. The summed E-state index contributed by atoms with van der Waals surface area (Å²) in [6, 6.07) is 20.3. The maximum absolute atomic E-state index is 12.3. The molecule has 0 saturated carbocycles. The number of hydrogen-bond donors (Lipinski definition) is 2. The Balaban J connectivity index is 1.44. The molecule has 3 aromatic carbocycles. The predicted molar refractivity (Wildman–Crippen MR) is 122 cm³/mol. The van der Waals surface area contributed by atoms with Crippen LogP contribution in [-0.2, 0) is 6.54 Å². The van der Waals surface area contributed by atoms with Crippen LogP contribution in [0.4, 0.5) is 11.5 Å². The summed E-state index contributed by atoms with van der Waals surface area (Å²) in [5.41, 5.74) is 4.17. The van der Waals surface area contributed by atoms with Crippen molar-refractivity contribution in [2.75, 3.05) is 10.6 Å². The van der Waals surface area contributed by atoms with Crippen LogP contribution in [0.25, 0.3) is 10.9 Å². The van der Waals surface area contributed by atoms with Gasteiger partial charge in [-0.3, -0.25) is 4.79 Å². The largest absolute Gasteiger partial charge is 0.365 e. The second kappa shape index (κ2) is 8.69. The number of halogens is 2. The highest BCUT2D eigenvalue weighted by atomic mass is 35.5. The predicted octanol–water partition coefficient (Wildman–Crippen LogP) is 6.11. The van der Waals surface area contributed by atoms with Gasteiger partial charge < -0.3 is 10.6 Å². The molecule has 2 N–H and O–H groups in total. The molecule has 1 amide bonds. The number of nitrogens with zero attached hydrogens (tertiary/aromatic N) is 2. The summed E-state index contributed by atoms with van der Waals surface area (Å²) in [5.74, 6) is 0.504. The van der Waals surface area contributed by atoms with Crippen molar-refractivity contribution in [3.05, 3.63) is 93.7 Å². The van der Waals surface area contributed by atoms with Gasteiger partial charge in [0.2, 0.25) is 5.28 Å². The van der Waals surface area contributed by atoms with Crippen LogP contribution in [0.1, 0.15) is 21.5 Å². The Bertz CT molecular complexity index is 1210. The summed E-state index contributed by atoms with van der Waals surface area (Å²) in [5, 5.41) is 7.93. The fourth-order valence-electron chi connectivity index (χ4n) is 3.10. The Labute approximate surface area is 184 Å². The molecule has 7 heteroatoms. The number of nitrogens with one attached hydrogen (secondary N) is 2. The van der Waals surface area contributed by atoms with Crippen LogP contribution in [0.2, 0.25) is 10.3 Å². The lowest BCUT2D eigenvalue weighted by Crippen LogP contribution is -2.11. The number of carbonyl (C=O) groups excluding carboxylic acids is 1. The van der Waals surface area contributed by atoms with Gasteiger partial charge in [0.25, 0.3) is 5.91 Å². The van der Waals surface area contributed by atoms with E-state index in [0.717, 1.165) is 22.0 Å². The summed E-state index contributed by atoms with van der Waals surface area (Å²) in [6.07, 6.45) is 0. The lowest BCUT2D eigenvalue weighted by Gasteiger charge is -2.11.